The summed E-state index contributed by atoms with van der Waals surface area (Å²) in [6, 6.07) is 3.40. The van der Waals surface area contributed by atoms with Gasteiger partial charge in [-0.05, 0) is 51.0 Å². The third-order valence-electron chi connectivity index (χ3n) is 11.1. The van der Waals surface area contributed by atoms with Gasteiger partial charge in [0.25, 0.3) is 5.56 Å². The van der Waals surface area contributed by atoms with Crippen LogP contribution in [0, 0.1) is 11.8 Å². The normalized spacial score (nSPS) is 14.7. The highest BCUT2D eigenvalue weighted by molar-refractivity contribution is 5.98. The number of Topliss-reactive ketones (excluding diaryl/α,β-unsaturated/α-hetero) is 3. The minimum atomic E-state index is -2.01. The number of fused-ring (bicyclic) bond motifs is 1. The number of hydrogen-bond donors (Lipinski definition) is 13. The average molecular weight is 987 g/mol. The van der Waals surface area contributed by atoms with Gasteiger partial charge >= 0.3 is 17.9 Å². The highest BCUT2D eigenvalue weighted by atomic mass is 16.4. The largest absolute Gasteiger partial charge is 0.481 e. The molecule has 0 saturated carbocycles. The van der Waals surface area contributed by atoms with Gasteiger partial charge in [-0.2, -0.15) is 4.98 Å². The minimum absolute atomic E-state index is 0.0179. The number of aromatic amines is 1. The van der Waals surface area contributed by atoms with Crippen LogP contribution in [0.3, 0.4) is 0 Å². The summed E-state index contributed by atoms with van der Waals surface area (Å²) in [7, 11) is 0. The zero-order chi connectivity index (χ0) is 52.2. The van der Waals surface area contributed by atoms with Crippen LogP contribution in [0.25, 0.3) is 11.2 Å². The molecular formula is C44H58N8O18. The molecule has 382 valence electrons. The van der Waals surface area contributed by atoms with Crippen LogP contribution < -0.4 is 27.2 Å². The van der Waals surface area contributed by atoms with Crippen LogP contribution in [0.5, 0.6) is 0 Å². The van der Waals surface area contributed by atoms with E-state index in [1.54, 1.807) is 12.1 Å². The number of rotatable bonds is 32. The number of benzene rings is 1. The van der Waals surface area contributed by atoms with Crippen LogP contribution in [-0.2, 0) is 51.2 Å². The third-order valence-corrected chi connectivity index (χ3v) is 11.1. The van der Waals surface area contributed by atoms with Crippen LogP contribution in [0.1, 0.15) is 92.7 Å². The Hall–Kier alpha value is -7.13. The molecule has 8 atom stereocenters. The Kier molecular flexibility index (Phi) is 22.7. The van der Waals surface area contributed by atoms with E-state index < -0.39 is 178 Å². The average Bonchev–Trinajstić information content (AvgIpc) is 3.31. The van der Waals surface area contributed by atoms with E-state index in [0.29, 0.717) is 18.5 Å². The fourth-order valence-electron chi connectivity index (χ4n) is 6.97. The van der Waals surface area contributed by atoms with Crippen molar-refractivity contribution in [3.8, 4) is 0 Å². The van der Waals surface area contributed by atoms with Crippen LogP contribution >= 0.6 is 0 Å². The number of carboxylic acids is 3. The summed E-state index contributed by atoms with van der Waals surface area (Å²) in [6.45, 7) is -0.568. The number of nitrogens with two attached hydrogens (primary N) is 1. The van der Waals surface area contributed by atoms with Crippen molar-refractivity contribution in [3.05, 3.63) is 57.6 Å². The smallest absolute Gasteiger partial charge is 0.306 e. The number of carboxylic acid groups (broad SMARTS) is 3. The number of carbonyl (C=O) groups excluding carboxylic acids is 6. The van der Waals surface area contributed by atoms with Crippen molar-refractivity contribution in [2.45, 2.75) is 120 Å². The van der Waals surface area contributed by atoms with E-state index in [0.717, 1.165) is 12.5 Å². The lowest BCUT2D eigenvalue weighted by atomic mass is 9.90. The summed E-state index contributed by atoms with van der Waals surface area (Å²) >= 11 is 0. The maximum atomic E-state index is 13.8. The van der Waals surface area contributed by atoms with Crippen molar-refractivity contribution in [1.82, 2.24) is 35.9 Å². The molecule has 2 heterocycles. The molecule has 1 aromatic carbocycles. The molecule has 0 spiro atoms. The molecule has 14 N–H and O–H groups in total. The van der Waals surface area contributed by atoms with Crippen LogP contribution in [-0.4, -0.2) is 163 Å². The minimum Gasteiger partial charge on any atom is -0.481 e. The second-order valence-electron chi connectivity index (χ2n) is 16.5. The Morgan fingerprint density at radius 1 is 0.714 bits per heavy atom. The number of ketones is 3. The van der Waals surface area contributed by atoms with Gasteiger partial charge in [-0.15, -0.1) is 0 Å². The van der Waals surface area contributed by atoms with Gasteiger partial charge in [-0.1, -0.05) is 24.3 Å². The zero-order valence-corrected chi connectivity index (χ0v) is 38.0. The lowest BCUT2D eigenvalue weighted by molar-refractivity contribution is -0.142. The number of aromatic nitrogens is 4. The van der Waals surface area contributed by atoms with E-state index in [9.17, 15) is 78.6 Å². The summed E-state index contributed by atoms with van der Waals surface area (Å²) < 4.78 is 0. The molecule has 3 aromatic rings. The van der Waals surface area contributed by atoms with Gasteiger partial charge in [-0.25, -0.2) is 9.97 Å². The van der Waals surface area contributed by atoms with Crippen LogP contribution in [0.4, 0.5) is 5.95 Å². The molecule has 3 amide bonds. The number of anilines is 1. The first-order valence-corrected chi connectivity index (χ1v) is 22.0. The Labute approximate surface area is 398 Å². The molecule has 0 unspecified atom stereocenters. The summed E-state index contributed by atoms with van der Waals surface area (Å²) in [5.74, 6) is -11.9. The molecule has 0 saturated heterocycles. The maximum Gasteiger partial charge on any atom is 0.306 e. The van der Waals surface area contributed by atoms with Crippen molar-refractivity contribution in [1.29, 1.82) is 0 Å². The number of aryl methyl sites for hydroxylation is 2. The van der Waals surface area contributed by atoms with E-state index >= 15 is 0 Å². The first-order chi connectivity index (χ1) is 33.0. The molecule has 0 fully saturated rings. The lowest BCUT2D eigenvalue weighted by Gasteiger charge is -2.26. The van der Waals surface area contributed by atoms with Crippen molar-refractivity contribution < 1.29 is 84.0 Å². The molecule has 0 aliphatic carbocycles. The number of H-pyrrole nitrogens is 1. The Balaban J connectivity index is 1.67. The third kappa shape index (κ3) is 18.8. The molecule has 3 rings (SSSR count). The van der Waals surface area contributed by atoms with Gasteiger partial charge in [0.05, 0.1) is 42.6 Å². The number of nitrogen functional groups attached to an aromatic ring is 1. The highest BCUT2D eigenvalue weighted by Crippen LogP contribution is 2.20. The predicted molar refractivity (Wildman–Crippen MR) is 240 cm³/mol. The van der Waals surface area contributed by atoms with Gasteiger partial charge in [-0.3, -0.25) is 52.9 Å². The van der Waals surface area contributed by atoms with Crippen molar-refractivity contribution in [2.75, 3.05) is 18.9 Å². The fourth-order valence-corrected chi connectivity index (χ4v) is 6.97. The molecule has 70 heavy (non-hydrogen) atoms. The van der Waals surface area contributed by atoms with Gasteiger partial charge in [0, 0.05) is 56.6 Å². The molecular weight excluding hydrogens is 929 g/mol. The second-order valence-corrected chi connectivity index (χ2v) is 16.5. The quantitative estimate of drug-likeness (QED) is 0.0284. The van der Waals surface area contributed by atoms with Gasteiger partial charge in [0.1, 0.15) is 18.3 Å². The molecule has 0 aliphatic rings. The van der Waals surface area contributed by atoms with Gasteiger partial charge < -0.3 is 62.5 Å². The van der Waals surface area contributed by atoms with Crippen LogP contribution in [0.2, 0.25) is 0 Å². The SMILES string of the molecule is CC(=O)[C@H](CCC(=O)O)NC(=O)[C@H](CCC(=O)NC[C@H](O)[C@@H](O)[C@H](O)[C@H](O)CO)CC(=O)[C@H](CCC(=O)O)NC(=O)CC[C@H](CC(=O)c1ccc(CCc2cnc3nc(N)[nH]c(=O)c3n2)cc1)C(=O)O. The van der Waals surface area contributed by atoms with E-state index in [1.807, 2.05) is 0 Å². The number of aliphatic hydroxyl groups is 5. The standard InChI is InChI=1S/C44H58N8O18/c1-21(54)27(10-14-35(61)62)50-41(67)24(7-12-33(59)46-19-31(57)38(65)39(66)32(58)20-53)16-30(56)28(11-15-36(63)64)49-34(60)13-8-25(43(69)70)17-29(55)23-5-2-22(3-6-23)4-9-26-18-47-40-37(48-26)42(68)52-44(45)51-40/h2-3,5-6,18,24-25,27-28,31-32,38-39,53,57-58,65-66H,4,7-17,19-20H2,1H3,(H,46,59)(H,49,60)(H,50,67)(H,61,62)(H,63,64)(H,69,70)(H3,45,47,51,52,68)/t24-,25-,27+,28+,31+,32-,38-,39-/m1/s1. The van der Waals surface area contributed by atoms with Crippen molar-refractivity contribution >= 4 is 70.1 Å². The number of nitrogens with one attached hydrogen (secondary N) is 4. The summed E-state index contributed by atoms with van der Waals surface area (Å²) in [5.41, 5.74) is 6.55. The van der Waals surface area contributed by atoms with Crippen molar-refractivity contribution in [3.63, 3.8) is 0 Å². The van der Waals surface area contributed by atoms with Crippen LogP contribution in [0.15, 0.2) is 35.3 Å². The number of aliphatic carboxylic acids is 3. The number of amides is 3. The molecule has 26 heteroatoms. The van der Waals surface area contributed by atoms with E-state index in [-0.39, 0.29) is 29.1 Å². The van der Waals surface area contributed by atoms with E-state index in [4.69, 9.17) is 15.9 Å². The number of nitrogens with zero attached hydrogens (tertiary/aromatic N) is 3. The highest BCUT2D eigenvalue weighted by Gasteiger charge is 2.33. The summed E-state index contributed by atoms with van der Waals surface area (Å²) in [4.78, 5) is 141. The van der Waals surface area contributed by atoms with E-state index in [1.165, 1.54) is 18.3 Å². The number of hydrogen-bond acceptors (Lipinski definition) is 19. The Morgan fingerprint density at radius 2 is 1.31 bits per heavy atom. The monoisotopic (exact) mass is 986 g/mol. The molecule has 0 aliphatic heterocycles. The topological polar surface area (TPSA) is 449 Å². The molecule has 0 radical (unpaired) electrons. The Morgan fingerprint density at radius 3 is 1.91 bits per heavy atom. The van der Waals surface area contributed by atoms with E-state index in [2.05, 4.69) is 35.9 Å². The molecule has 26 nitrogen and oxygen atoms in total. The zero-order valence-electron chi connectivity index (χ0n) is 38.0. The first-order valence-electron chi connectivity index (χ1n) is 22.0. The Bertz CT molecular complexity index is 2410. The summed E-state index contributed by atoms with van der Waals surface area (Å²) in [6.07, 6.45) is -10.7. The van der Waals surface area contributed by atoms with Crippen molar-refractivity contribution in [2.24, 2.45) is 11.8 Å². The fraction of sp³-hybridized carbons (Fsp3) is 0.523. The number of carbonyl (C=O) groups is 9. The van der Waals surface area contributed by atoms with Gasteiger partial charge in [0.15, 0.2) is 28.5 Å². The summed E-state index contributed by atoms with van der Waals surface area (Å²) in [5, 5.41) is 83.9. The lowest BCUT2D eigenvalue weighted by Crippen LogP contribution is -2.49. The second kappa shape index (κ2) is 27.8. The molecule has 2 aromatic heterocycles. The van der Waals surface area contributed by atoms with Gasteiger partial charge in [0.2, 0.25) is 23.7 Å². The molecule has 0 bridgehead atoms. The first kappa shape index (κ1) is 57.2. The maximum absolute atomic E-state index is 13.8. The predicted octanol–water partition coefficient (Wildman–Crippen LogP) is -2.67. The number of aliphatic hydroxyl groups excluding tert-OH is 5.